The highest BCUT2D eigenvalue weighted by molar-refractivity contribution is 14.1. The smallest absolute Gasteiger partial charge is 0.294 e. The number of carbonyl (C=O) groups excluding carboxylic acids is 3. The van der Waals surface area contributed by atoms with E-state index in [9.17, 15) is 14.4 Å². The van der Waals surface area contributed by atoms with Gasteiger partial charge in [-0.3, -0.25) is 19.3 Å². The lowest BCUT2D eigenvalue weighted by atomic mass is 10.2. The van der Waals surface area contributed by atoms with Crippen molar-refractivity contribution in [1.29, 1.82) is 0 Å². The molecule has 0 atom stereocenters. The molecule has 2 aliphatic heterocycles. The molecule has 3 heterocycles. The van der Waals surface area contributed by atoms with Crippen molar-refractivity contribution in [3.8, 4) is 5.69 Å². The van der Waals surface area contributed by atoms with Gasteiger partial charge in [0.2, 0.25) is 5.91 Å². The van der Waals surface area contributed by atoms with Crippen molar-refractivity contribution in [3.63, 3.8) is 0 Å². The van der Waals surface area contributed by atoms with Gasteiger partial charge in [-0.25, -0.2) is 0 Å². The van der Waals surface area contributed by atoms with Crippen LogP contribution in [0.1, 0.15) is 5.69 Å². The van der Waals surface area contributed by atoms with Gasteiger partial charge in [0, 0.05) is 53.0 Å². The molecule has 2 saturated heterocycles. The number of hydrogen-bond acceptors (Lipinski definition) is 5. The van der Waals surface area contributed by atoms with Crippen LogP contribution in [0.4, 0.5) is 10.5 Å². The molecule has 0 radical (unpaired) electrons. The molecule has 0 bridgehead atoms. The van der Waals surface area contributed by atoms with Crippen LogP contribution in [0.25, 0.3) is 11.8 Å². The number of halogens is 1. The SMILES string of the molecule is O=C(CN1C(=O)S/C(=C/c2cccn2-c2ccc(I)cc2)C1=O)N1CCN(c2ccccc2)CC1. The zero-order valence-electron chi connectivity index (χ0n) is 18.8. The largest absolute Gasteiger partial charge is 0.368 e. The standard InChI is InChI=1S/C26H23IN4O3S/c27-19-8-10-21(11-9-19)30-12-4-7-22(30)17-23-25(33)31(26(34)35-23)18-24(32)29-15-13-28(14-16-29)20-5-2-1-3-6-20/h1-12,17H,13-16,18H2/b23-17+. The molecule has 0 spiro atoms. The third-order valence-corrected chi connectivity index (χ3v) is 7.71. The van der Waals surface area contributed by atoms with Gasteiger partial charge in [-0.1, -0.05) is 18.2 Å². The van der Waals surface area contributed by atoms with Crippen molar-refractivity contribution in [2.45, 2.75) is 0 Å². The summed E-state index contributed by atoms with van der Waals surface area (Å²) in [5.74, 6) is -0.629. The summed E-state index contributed by atoms with van der Waals surface area (Å²) in [5, 5.41) is -0.412. The number of hydrogen-bond donors (Lipinski definition) is 0. The lowest BCUT2D eigenvalue weighted by molar-refractivity contribution is -0.136. The lowest BCUT2D eigenvalue weighted by Crippen LogP contribution is -2.51. The molecule has 1 aromatic heterocycles. The van der Waals surface area contributed by atoms with Crippen LogP contribution in [-0.4, -0.2) is 64.1 Å². The van der Waals surface area contributed by atoms with E-state index in [2.05, 4.69) is 39.6 Å². The van der Waals surface area contributed by atoms with E-state index < -0.39 is 11.1 Å². The average Bonchev–Trinajstić information content (AvgIpc) is 3.45. The van der Waals surface area contributed by atoms with E-state index in [1.54, 1.807) is 11.0 Å². The van der Waals surface area contributed by atoms with E-state index in [4.69, 9.17) is 0 Å². The number of imide groups is 1. The monoisotopic (exact) mass is 598 g/mol. The minimum Gasteiger partial charge on any atom is -0.368 e. The van der Waals surface area contributed by atoms with Crippen molar-refractivity contribution in [2.24, 2.45) is 0 Å². The van der Waals surface area contributed by atoms with Crippen LogP contribution >= 0.6 is 34.4 Å². The number of amides is 3. The summed E-state index contributed by atoms with van der Waals surface area (Å²) in [7, 11) is 0. The number of aromatic nitrogens is 1. The van der Waals surface area contributed by atoms with Crippen LogP contribution < -0.4 is 4.90 Å². The molecular weight excluding hydrogens is 575 g/mol. The Hall–Kier alpha value is -3.05. The van der Waals surface area contributed by atoms with Gasteiger partial charge < -0.3 is 14.4 Å². The van der Waals surface area contributed by atoms with Crippen molar-refractivity contribution < 1.29 is 14.4 Å². The fraction of sp³-hybridized carbons (Fsp3) is 0.192. The predicted molar refractivity (Wildman–Crippen MR) is 146 cm³/mol. The average molecular weight is 598 g/mol. The highest BCUT2D eigenvalue weighted by Crippen LogP contribution is 2.32. The van der Waals surface area contributed by atoms with E-state index >= 15 is 0 Å². The first-order valence-electron chi connectivity index (χ1n) is 11.3. The molecule has 178 valence electrons. The first kappa shape index (κ1) is 23.7. The van der Waals surface area contributed by atoms with Crippen molar-refractivity contribution in [1.82, 2.24) is 14.4 Å². The second-order valence-electron chi connectivity index (χ2n) is 8.25. The molecule has 0 unspecified atom stereocenters. The number of anilines is 1. The summed E-state index contributed by atoms with van der Waals surface area (Å²) in [4.78, 5) is 43.9. The number of carbonyl (C=O) groups is 3. The molecule has 0 N–H and O–H groups in total. The Kier molecular flexibility index (Phi) is 6.96. The molecule has 2 aliphatic rings. The maximum absolute atomic E-state index is 13.0. The minimum atomic E-state index is -0.424. The lowest BCUT2D eigenvalue weighted by Gasteiger charge is -2.36. The van der Waals surface area contributed by atoms with Crippen molar-refractivity contribution >= 4 is 63.2 Å². The first-order valence-corrected chi connectivity index (χ1v) is 13.2. The molecule has 0 saturated carbocycles. The second kappa shape index (κ2) is 10.3. The summed E-state index contributed by atoms with van der Waals surface area (Å²) < 4.78 is 3.09. The van der Waals surface area contributed by atoms with E-state index in [1.165, 1.54) is 0 Å². The third-order valence-electron chi connectivity index (χ3n) is 6.08. The summed E-state index contributed by atoms with van der Waals surface area (Å²) in [6.07, 6.45) is 3.63. The van der Waals surface area contributed by atoms with Gasteiger partial charge in [0.15, 0.2) is 0 Å². The fourth-order valence-electron chi connectivity index (χ4n) is 4.21. The normalized spacial score (nSPS) is 17.5. The van der Waals surface area contributed by atoms with Crippen LogP contribution in [0.3, 0.4) is 0 Å². The Balaban J connectivity index is 1.24. The van der Waals surface area contributed by atoms with Crippen molar-refractivity contribution in [2.75, 3.05) is 37.6 Å². The molecule has 2 fully saturated rings. The molecule has 5 rings (SSSR count). The number of piperazine rings is 1. The highest BCUT2D eigenvalue weighted by atomic mass is 127. The maximum atomic E-state index is 13.0. The zero-order valence-corrected chi connectivity index (χ0v) is 21.8. The Morgan fingerprint density at radius 1 is 0.886 bits per heavy atom. The maximum Gasteiger partial charge on any atom is 0.294 e. The Morgan fingerprint density at radius 2 is 1.60 bits per heavy atom. The van der Waals surface area contributed by atoms with Gasteiger partial charge in [0.1, 0.15) is 6.54 Å². The molecule has 7 nitrogen and oxygen atoms in total. The number of benzene rings is 2. The van der Waals surface area contributed by atoms with E-state index in [0.717, 1.165) is 37.3 Å². The highest BCUT2D eigenvalue weighted by Gasteiger charge is 2.37. The number of nitrogens with zero attached hydrogens (tertiary/aromatic N) is 4. The summed E-state index contributed by atoms with van der Waals surface area (Å²) in [5.41, 5.74) is 2.89. The van der Waals surface area contributed by atoms with E-state index in [-0.39, 0.29) is 12.5 Å². The van der Waals surface area contributed by atoms with E-state index in [0.29, 0.717) is 31.1 Å². The molecule has 2 aromatic carbocycles. The van der Waals surface area contributed by atoms with Gasteiger partial charge in [-0.2, -0.15) is 0 Å². The Bertz CT molecular complexity index is 1280. The van der Waals surface area contributed by atoms with Crippen LogP contribution in [0.15, 0.2) is 77.8 Å². The van der Waals surface area contributed by atoms with Crippen LogP contribution in [0.5, 0.6) is 0 Å². The van der Waals surface area contributed by atoms with Crippen LogP contribution in [0.2, 0.25) is 0 Å². The molecule has 3 aromatic rings. The fourth-order valence-corrected chi connectivity index (χ4v) is 5.39. The quantitative estimate of drug-likeness (QED) is 0.321. The Morgan fingerprint density at radius 3 is 2.31 bits per heavy atom. The van der Waals surface area contributed by atoms with Gasteiger partial charge in [-0.15, -0.1) is 0 Å². The molecule has 9 heteroatoms. The number of rotatable bonds is 5. The first-order chi connectivity index (χ1) is 17.0. The molecule has 0 aliphatic carbocycles. The van der Waals surface area contributed by atoms with Gasteiger partial charge >= 0.3 is 0 Å². The molecule has 35 heavy (non-hydrogen) atoms. The molecular formula is C26H23IN4O3S. The second-order valence-corrected chi connectivity index (χ2v) is 10.5. The van der Waals surface area contributed by atoms with Crippen LogP contribution in [0, 0.1) is 3.57 Å². The topological polar surface area (TPSA) is 65.9 Å². The summed E-state index contributed by atoms with van der Waals surface area (Å²) in [6, 6.07) is 21.9. The van der Waals surface area contributed by atoms with Gasteiger partial charge in [0.05, 0.1) is 4.91 Å². The van der Waals surface area contributed by atoms with E-state index in [1.807, 2.05) is 65.4 Å². The number of thioether (sulfide) groups is 1. The third kappa shape index (κ3) is 5.15. The predicted octanol–water partition coefficient (Wildman–Crippen LogP) is 4.47. The van der Waals surface area contributed by atoms with Crippen LogP contribution in [-0.2, 0) is 9.59 Å². The summed E-state index contributed by atoms with van der Waals surface area (Å²) in [6.45, 7) is 2.32. The summed E-state index contributed by atoms with van der Waals surface area (Å²) >= 11 is 3.13. The minimum absolute atomic E-state index is 0.205. The molecule has 3 amide bonds. The van der Waals surface area contributed by atoms with Crippen molar-refractivity contribution in [3.05, 3.63) is 87.1 Å². The van der Waals surface area contributed by atoms with Gasteiger partial charge in [0.25, 0.3) is 11.1 Å². The number of para-hydroxylation sites is 1. The zero-order chi connectivity index (χ0) is 24.4. The Labute approximate surface area is 221 Å². The van der Waals surface area contributed by atoms with Gasteiger partial charge in [-0.05, 0) is 89.0 Å².